The van der Waals surface area contributed by atoms with Crippen LogP contribution >= 0.6 is 11.6 Å². The highest BCUT2D eigenvalue weighted by Gasteiger charge is 2.38. The summed E-state index contributed by atoms with van der Waals surface area (Å²) in [5.41, 5.74) is 7.18. The molecule has 0 unspecified atom stereocenters. The van der Waals surface area contributed by atoms with E-state index in [0.29, 0.717) is 5.15 Å². The summed E-state index contributed by atoms with van der Waals surface area (Å²) in [4.78, 5) is 0. The van der Waals surface area contributed by atoms with Gasteiger partial charge in [-0.2, -0.15) is 5.10 Å². The number of rotatable bonds is 3. The van der Waals surface area contributed by atoms with Gasteiger partial charge in [0.2, 0.25) is 5.88 Å². The molecule has 5 heteroatoms. The van der Waals surface area contributed by atoms with Gasteiger partial charge in [0.05, 0.1) is 12.2 Å². The molecule has 1 fully saturated rings. The lowest BCUT2D eigenvalue weighted by atomic mass is 10.1. The fraction of sp³-hybridized carbons (Fsp3) is 0.727. The summed E-state index contributed by atoms with van der Waals surface area (Å²) in [5.74, 6) is 0.862. The van der Waals surface area contributed by atoms with Crippen molar-refractivity contribution < 1.29 is 4.74 Å². The van der Waals surface area contributed by atoms with Gasteiger partial charge in [0.25, 0.3) is 0 Å². The molecule has 0 bridgehead atoms. The second kappa shape index (κ2) is 3.64. The van der Waals surface area contributed by atoms with Crippen LogP contribution in [-0.4, -0.2) is 21.9 Å². The van der Waals surface area contributed by atoms with Crippen molar-refractivity contribution in [3.05, 3.63) is 10.7 Å². The summed E-state index contributed by atoms with van der Waals surface area (Å²) in [6, 6.07) is 0. The normalized spacial score (nSPS) is 21.4. The van der Waals surface area contributed by atoms with Crippen LogP contribution in [0.2, 0.25) is 5.15 Å². The largest absolute Gasteiger partial charge is 0.478 e. The fourth-order valence-corrected chi connectivity index (χ4v) is 2.41. The second-order valence-electron chi connectivity index (χ2n) is 4.86. The van der Waals surface area contributed by atoms with Crippen molar-refractivity contribution >= 4 is 11.6 Å². The summed E-state index contributed by atoms with van der Waals surface area (Å²) < 4.78 is 7.51. The van der Waals surface area contributed by atoms with Crippen LogP contribution < -0.4 is 10.5 Å². The van der Waals surface area contributed by atoms with Crippen LogP contribution in [0.15, 0.2) is 0 Å². The summed E-state index contributed by atoms with van der Waals surface area (Å²) in [6.07, 6.45) is 5.13. The molecule has 3 rings (SSSR count). The van der Waals surface area contributed by atoms with Gasteiger partial charge in [-0.1, -0.05) is 11.6 Å². The van der Waals surface area contributed by atoms with Gasteiger partial charge in [0, 0.05) is 18.5 Å². The number of aryl methyl sites for hydroxylation is 1. The first-order chi connectivity index (χ1) is 7.68. The van der Waals surface area contributed by atoms with Crippen molar-refractivity contribution in [3.63, 3.8) is 0 Å². The van der Waals surface area contributed by atoms with E-state index in [9.17, 15) is 0 Å². The van der Waals surface area contributed by atoms with Crippen molar-refractivity contribution in [2.75, 3.05) is 6.61 Å². The Balaban J connectivity index is 1.79. The van der Waals surface area contributed by atoms with Gasteiger partial charge in [-0.05, 0) is 25.7 Å². The highest BCUT2D eigenvalue weighted by atomic mass is 35.5. The molecule has 16 heavy (non-hydrogen) atoms. The first kappa shape index (κ1) is 10.4. The van der Waals surface area contributed by atoms with Crippen molar-refractivity contribution in [2.24, 2.45) is 5.73 Å². The molecule has 0 saturated heterocycles. The molecule has 0 amide bonds. The molecular weight excluding hydrogens is 226 g/mol. The zero-order valence-electron chi connectivity index (χ0n) is 9.21. The maximum absolute atomic E-state index is 6.13. The summed E-state index contributed by atoms with van der Waals surface area (Å²) in [7, 11) is 0. The standard InChI is InChI=1S/C11H16ClN3O/c12-9-8(2-3-11(13)4-5-11)10-15(14-9)6-1-7-16-10/h1-7,13H2. The predicted molar refractivity (Wildman–Crippen MR) is 61.8 cm³/mol. The second-order valence-corrected chi connectivity index (χ2v) is 5.22. The van der Waals surface area contributed by atoms with E-state index in [1.54, 1.807) is 0 Å². The lowest BCUT2D eigenvalue weighted by molar-refractivity contribution is 0.228. The monoisotopic (exact) mass is 241 g/mol. The van der Waals surface area contributed by atoms with E-state index in [0.717, 1.165) is 56.7 Å². The van der Waals surface area contributed by atoms with Gasteiger partial charge >= 0.3 is 0 Å². The lowest BCUT2D eigenvalue weighted by Gasteiger charge is -2.16. The third kappa shape index (κ3) is 1.80. The van der Waals surface area contributed by atoms with Crippen molar-refractivity contribution in [3.8, 4) is 5.88 Å². The third-order valence-corrected chi connectivity index (χ3v) is 3.77. The fourth-order valence-electron chi connectivity index (χ4n) is 2.15. The maximum Gasteiger partial charge on any atom is 0.216 e. The van der Waals surface area contributed by atoms with Gasteiger partial charge in [-0.3, -0.25) is 0 Å². The van der Waals surface area contributed by atoms with Gasteiger partial charge < -0.3 is 10.5 Å². The highest BCUT2D eigenvalue weighted by Crippen LogP contribution is 2.39. The molecule has 2 heterocycles. The highest BCUT2D eigenvalue weighted by molar-refractivity contribution is 6.30. The number of aromatic nitrogens is 2. The Morgan fingerprint density at radius 3 is 3.06 bits per heavy atom. The van der Waals surface area contributed by atoms with Crippen LogP contribution in [0.25, 0.3) is 0 Å². The van der Waals surface area contributed by atoms with Crippen LogP contribution in [0.5, 0.6) is 5.88 Å². The molecule has 0 atom stereocenters. The first-order valence-electron chi connectivity index (χ1n) is 5.85. The van der Waals surface area contributed by atoms with Crippen LogP contribution in [0.3, 0.4) is 0 Å². The van der Waals surface area contributed by atoms with Crippen LogP contribution in [0.4, 0.5) is 0 Å². The van der Waals surface area contributed by atoms with Crippen LogP contribution in [0, 0.1) is 0 Å². The minimum atomic E-state index is 0.0623. The Morgan fingerprint density at radius 2 is 2.31 bits per heavy atom. The Kier molecular flexibility index (Phi) is 2.37. The lowest BCUT2D eigenvalue weighted by Crippen LogP contribution is -2.22. The average Bonchev–Trinajstić information content (AvgIpc) is 2.91. The molecule has 1 saturated carbocycles. The molecular formula is C11H16ClN3O. The van der Waals surface area contributed by atoms with Gasteiger partial charge in [0.15, 0.2) is 5.15 Å². The minimum absolute atomic E-state index is 0.0623. The van der Waals surface area contributed by atoms with E-state index in [4.69, 9.17) is 22.1 Å². The Morgan fingerprint density at radius 1 is 1.50 bits per heavy atom. The molecule has 1 aromatic rings. The molecule has 0 spiro atoms. The number of ether oxygens (including phenoxy) is 1. The molecule has 88 valence electrons. The number of fused-ring (bicyclic) bond motifs is 1. The maximum atomic E-state index is 6.13. The first-order valence-corrected chi connectivity index (χ1v) is 6.23. The van der Waals surface area contributed by atoms with Gasteiger partial charge in [-0.15, -0.1) is 0 Å². The summed E-state index contributed by atoms with van der Waals surface area (Å²) in [6.45, 7) is 1.67. The number of halogens is 1. The summed E-state index contributed by atoms with van der Waals surface area (Å²) in [5, 5.41) is 4.87. The Labute approximate surface area is 99.7 Å². The summed E-state index contributed by atoms with van der Waals surface area (Å²) >= 11 is 6.13. The van der Waals surface area contributed by atoms with E-state index in [1.807, 2.05) is 4.68 Å². The molecule has 1 aliphatic carbocycles. The number of hydrogen-bond acceptors (Lipinski definition) is 3. The number of hydrogen-bond donors (Lipinski definition) is 1. The molecule has 0 aromatic carbocycles. The van der Waals surface area contributed by atoms with Gasteiger partial charge in [0.1, 0.15) is 0 Å². The van der Waals surface area contributed by atoms with Gasteiger partial charge in [-0.25, -0.2) is 4.68 Å². The molecule has 2 N–H and O–H groups in total. The Bertz CT molecular complexity index is 412. The van der Waals surface area contributed by atoms with Crippen molar-refractivity contribution in [1.82, 2.24) is 9.78 Å². The van der Waals surface area contributed by atoms with Crippen LogP contribution in [-0.2, 0) is 13.0 Å². The number of nitrogens with zero attached hydrogens (tertiary/aromatic N) is 2. The van der Waals surface area contributed by atoms with E-state index >= 15 is 0 Å². The van der Waals surface area contributed by atoms with E-state index < -0.39 is 0 Å². The molecule has 1 aromatic heterocycles. The topological polar surface area (TPSA) is 53.1 Å². The number of nitrogens with two attached hydrogens (primary N) is 1. The van der Waals surface area contributed by atoms with Crippen molar-refractivity contribution in [1.29, 1.82) is 0 Å². The molecule has 0 radical (unpaired) electrons. The quantitative estimate of drug-likeness (QED) is 0.877. The Hall–Kier alpha value is -0.740. The average molecular weight is 242 g/mol. The smallest absolute Gasteiger partial charge is 0.216 e. The molecule has 4 nitrogen and oxygen atoms in total. The van der Waals surface area contributed by atoms with E-state index in [1.165, 1.54) is 0 Å². The van der Waals surface area contributed by atoms with Crippen molar-refractivity contribution in [2.45, 2.75) is 44.2 Å². The molecule has 1 aliphatic heterocycles. The minimum Gasteiger partial charge on any atom is -0.478 e. The zero-order valence-corrected chi connectivity index (χ0v) is 9.96. The SMILES string of the molecule is NC1(CCc2c(Cl)nn3c2OCCC3)CC1. The van der Waals surface area contributed by atoms with E-state index in [2.05, 4.69) is 5.10 Å². The third-order valence-electron chi connectivity index (χ3n) is 3.47. The molecule has 2 aliphatic rings. The van der Waals surface area contributed by atoms with Crippen LogP contribution in [0.1, 0.15) is 31.2 Å². The predicted octanol–water partition coefficient (Wildman–Crippen LogP) is 1.74. The van der Waals surface area contributed by atoms with E-state index in [-0.39, 0.29) is 5.54 Å². The zero-order chi connectivity index (χ0) is 11.2.